The van der Waals surface area contributed by atoms with Crippen LogP contribution in [0.5, 0.6) is 0 Å². The molecule has 0 aromatic heterocycles. The van der Waals surface area contributed by atoms with E-state index in [-0.39, 0.29) is 12.0 Å². The lowest BCUT2D eigenvalue weighted by molar-refractivity contribution is -0.122. The van der Waals surface area contributed by atoms with E-state index >= 15 is 0 Å². The fraction of sp³-hybridized carbons (Fsp3) is 0.333. The highest BCUT2D eigenvalue weighted by molar-refractivity contribution is 5.93. The molecule has 3 N–H and O–H groups in total. The Hall–Kier alpha value is -2.86. The number of carbonyl (C=O) groups is 2. The number of anilines is 1. The number of benzene rings is 2. The van der Waals surface area contributed by atoms with Gasteiger partial charge in [0.1, 0.15) is 6.04 Å². The first-order valence-corrected chi connectivity index (χ1v) is 9.13. The van der Waals surface area contributed by atoms with Crippen molar-refractivity contribution in [3.63, 3.8) is 0 Å². The molecule has 0 aliphatic rings. The lowest BCUT2D eigenvalue weighted by Crippen LogP contribution is -2.46. The molecule has 0 fully saturated rings. The maximum atomic E-state index is 12.1. The van der Waals surface area contributed by atoms with Crippen LogP contribution in [0.15, 0.2) is 60.7 Å². The highest BCUT2D eigenvalue weighted by Gasteiger charge is 2.15. The molecule has 6 heteroatoms. The summed E-state index contributed by atoms with van der Waals surface area (Å²) in [7, 11) is 0. The number of amides is 3. The zero-order chi connectivity index (χ0) is 19.5. The Balaban J connectivity index is 1.60. The Morgan fingerprint density at radius 3 is 2.26 bits per heavy atom. The van der Waals surface area contributed by atoms with Crippen molar-refractivity contribution in [3.05, 3.63) is 66.2 Å². The summed E-state index contributed by atoms with van der Waals surface area (Å²) < 4.78 is 5.77. The van der Waals surface area contributed by atoms with Crippen molar-refractivity contribution < 1.29 is 14.3 Å². The highest BCUT2D eigenvalue weighted by atomic mass is 16.5. The van der Waals surface area contributed by atoms with E-state index in [1.54, 1.807) is 19.1 Å². The number of hydrogen-bond donors (Lipinski definition) is 3. The van der Waals surface area contributed by atoms with Crippen molar-refractivity contribution in [2.24, 2.45) is 0 Å². The molecule has 2 aromatic rings. The standard InChI is InChI=1S/C21H27N3O3/c1-16(23-21(26)24-19-12-7-4-8-13-19)20(25)22-14-9-15-27-17(2)18-10-5-3-6-11-18/h3-8,10-13,16-17H,9,14-15H2,1-2H3,(H,22,25)(H2,23,24,26). The normalized spacial score (nSPS) is 12.7. The molecule has 0 bridgehead atoms. The van der Waals surface area contributed by atoms with Crippen LogP contribution in [0.4, 0.5) is 10.5 Å². The monoisotopic (exact) mass is 369 g/mol. The second-order valence-corrected chi connectivity index (χ2v) is 6.25. The average Bonchev–Trinajstić information content (AvgIpc) is 2.68. The summed E-state index contributed by atoms with van der Waals surface area (Å²) in [4.78, 5) is 23.9. The van der Waals surface area contributed by atoms with E-state index in [0.717, 1.165) is 5.56 Å². The van der Waals surface area contributed by atoms with Crippen LogP contribution < -0.4 is 16.0 Å². The molecular weight excluding hydrogens is 342 g/mol. The van der Waals surface area contributed by atoms with Gasteiger partial charge in [-0.25, -0.2) is 4.79 Å². The summed E-state index contributed by atoms with van der Waals surface area (Å²) in [6.45, 7) is 4.69. The lowest BCUT2D eigenvalue weighted by Gasteiger charge is -2.16. The van der Waals surface area contributed by atoms with E-state index < -0.39 is 12.1 Å². The summed E-state index contributed by atoms with van der Waals surface area (Å²) in [5.74, 6) is -0.227. The highest BCUT2D eigenvalue weighted by Crippen LogP contribution is 2.15. The maximum Gasteiger partial charge on any atom is 0.319 e. The summed E-state index contributed by atoms with van der Waals surface area (Å²) in [6, 6.07) is 18.0. The topological polar surface area (TPSA) is 79.5 Å². The van der Waals surface area contributed by atoms with Gasteiger partial charge in [0.25, 0.3) is 0 Å². The van der Waals surface area contributed by atoms with Crippen LogP contribution in [-0.2, 0) is 9.53 Å². The van der Waals surface area contributed by atoms with Crippen LogP contribution in [0.25, 0.3) is 0 Å². The van der Waals surface area contributed by atoms with Gasteiger partial charge in [-0.15, -0.1) is 0 Å². The zero-order valence-corrected chi connectivity index (χ0v) is 15.8. The number of para-hydroxylation sites is 1. The van der Waals surface area contributed by atoms with Gasteiger partial charge >= 0.3 is 6.03 Å². The fourth-order valence-electron chi connectivity index (χ4n) is 2.47. The van der Waals surface area contributed by atoms with E-state index in [1.165, 1.54) is 0 Å². The van der Waals surface area contributed by atoms with E-state index in [0.29, 0.717) is 25.3 Å². The number of carbonyl (C=O) groups excluding carboxylic acids is 2. The summed E-state index contributed by atoms with van der Waals surface area (Å²) >= 11 is 0. The van der Waals surface area contributed by atoms with Crippen molar-refractivity contribution in [2.75, 3.05) is 18.5 Å². The zero-order valence-electron chi connectivity index (χ0n) is 15.8. The fourth-order valence-corrected chi connectivity index (χ4v) is 2.47. The molecule has 0 heterocycles. The van der Waals surface area contributed by atoms with Gasteiger partial charge in [-0.1, -0.05) is 48.5 Å². The second kappa shape index (κ2) is 11.0. The molecule has 2 atom stereocenters. The molecule has 0 radical (unpaired) electrons. The quantitative estimate of drug-likeness (QED) is 0.592. The number of nitrogens with one attached hydrogen (secondary N) is 3. The van der Waals surface area contributed by atoms with Gasteiger partial charge in [-0.05, 0) is 38.0 Å². The number of ether oxygens (including phenoxy) is 1. The molecule has 144 valence electrons. The molecule has 0 aliphatic carbocycles. The molecule has 0 spiro atoms. The van der Waals surface area contributed by atoms with Crippen LogP contribution in [-0.4, -0.2) is 31.1 Å². The van der Waals surface area contributed by atoms with Gasteiger partial charge in [0, 0.05) is 18.8 Å². The first-order valence-electron chi connectivity index (χ1n) is 9.13. The van der Waals surface area contributed by atoms with Crippen molar-refractivity contribution in [3.8, 4) is 0 Å². The van der Waals surface area contributed by atoms with Crippen LogP contribution in [0.1, 0.15) is 31.9 Å². The third kappa shape index (κ3) is 7.50. The Bertz CT molecular complexity index is 707. The minimum Gasteiger partial charge on any atom is -0.374 e. The molecule has 6 nitrogen and oxygen atoms in total. The third-order valence-electron chi connectivity index (χ3n) is 4.03. The number of urea groups is 1. The maximum absolute atomic E-state index is 12.1. The molecule has 2 unspecified atom stereocenters. The van der Waals surface area contributed by atoms with Gasteiger partial charge in [0.05, 0.1) is 6.10 Å². The Kier molecular flexibility index (Phi) is 8.32. The van der Waals surface area contributed by atoms with Crippen LogP contribution in [0, 0.1) is 0 Å². The molecule has 3 amide bonds. The summed E-state index contributed by atoms with van der Waals surface area (Å²) in [5.41, 5.74) is 1.80. The van der Waals surface area contributed by atoms with Gasteiger partial charge in [0.15, 0.2) is 0 Å². The second-order valence-electron chi connectivity index (χ2n) is 6.25. The third-order valence-corrected chi connectivity index (χ3v) is 4.03. The van der Waals surface area contributed by atoms with E-state index in [4.69, 9.17) is 4.74 Å². The van der Waals surface area contributed by atoms with Crippen LogP contribution in [0.3, 0.4) is 0 Å². The average molecular weight is 369 g/mol. The van der Waals surface area contributed by atoms with E-state index in [1.807, 2.05) is 55.5 Å². The SMILES string of the molecule is CC(NC(=O)Nc1ccccc1)C(=O)NCCCOC(C)c1ccccc1. The first kappa shape index (κ1) is 20.5. The summed E-state index contributed by atoms with van der Waals surface area (Å²) in [5, 5.41) is 8.10. The largest absolute Gasteiger partial charge is 0.374 e. The molecule has 0 aliphatic heterocycles. The molecule has 2 rings (SSSR count). The van der Waals surface area contributed by atoms with Crippen LogP contribution in [0.2, 0.25) is 0 Å². The molecule has 2 aromatic carbocycles. The van der Waals surface area contributed by atoms with Gasteiger partial charge in [-0.3, -0.25) is 4.79 Å². The minimum absolute atomic E-state index is 0.0178. The van der Waals surface area contributed by atoms with Crippen molar-refractivity contribution >= 4 is 17.6 Å². The number of rotatable bonds is 9. The van der Waals surface area contributed by atoms with Crippen molar-refractivity contribution in [1.29, 1.82) is 0 Å². The predicted molar refractivity (Wildman–Crippen MR) is 106 cm³/mol. The van der Waals surface area contributed by atoms with Crippen molar-refractivity contribution in [1.82, 2.24) is 10.6 Å². The Morgan fingerprint density at radius 2 is 1.59 bits per heavy atom. The molecule has 0 saturated heterocycles. The van der Waals surface area contributed by atoms with Gasteiger partial charge in [-0.2, -0.15) is 0 Å². The minimum atomic E-state index is -0.627. The molecular formula is C21H27N3O3. The Morgan fingerprint density at radius 1 is 0.963 bits per heavy atom. The smallest absolute Gasteiger partial charge is 0.319 e. The van der Waals surface area contributed by atoms with Crippen LogP contribution >= 0.6 is 0 Å². The van der Waals surface area contributed by atoms with Gasteiger partial charge < -0.3 is 20.7 Å². The number of hydrogen-bond acceptors (Lipinski definition) is 3. The van der Waals surface area contributed by atoms with E-state index in [9.17, 15) is 9.59 Å². The summed E-state index contributed by atoms with van der Waals surface area (Å²) in [6.07, 6.45) is 0.718. The lowest BCUT2D eigenvalue weighted by atomic mass is 10.1. The van der Waals surface area contributed by atoms with E-state index in [2.05, 4.69) is 16.0 Å². The first-order chi connectivity index (χ1) is 13.1. The van der Waals surface area contributed by atoms with Gasteiger partial charge in [0.2, 0.25) is 5.91 Å². The predicted octanol–water partition coefficient (Wildman–Crippen LogP) is 3.48. The molecule has 27 heavy (non-hydrogen) atoms. The van der Waals surface area contributed by atoms with Crippen molar-refractivity contribution in [2.45, 2.75) is 32.4 Å². The Labute approximate surface area is 160 Å². The molecule has 0 saturated carbocycles.